The molecule has 3 rings (SSSR count). The Morgan fingerprint density at radius 2 is 1.73 bits per heavy atom. The van der Waals surface area contributed by atoms with Crippen molar-refractivity contribution in [3.63, 3.8) is 0 Å². The Balaban J connectivity index is 2.27. The van der Waals surface area contributed by atoms with Gasteiger partial charge in [0.15, 0.2) is 11.5 Å². The third-order valence-electron chi connectivity index (χ3n) is 4.15. The number of carbonyl (C=O) groups excluding carboxylic acids is 1. The molecule has 138 valence electrons. The fourth-order valence-corrected chi connectivity index (χ4v) is 2.94. The minimum atomic E-state index is -0.663. The van der Waals surface area contributed by atoms with Gasteiger partial charge in [-0.3, -0.25) is 0 Å². The van der Waals surface area contributed by atoms with E-state index in [-0.39, 0.29) is 0 Å². The number of methoxy groups -OCH3 is 4. The van der Waals surface area contributed by atoms with Crippen molar-refractivity contribution in [2.75, 3.05) is 33.8 Å². The lowest BCUT2D eigenvalue weighted by Crippen LogP contribution is -2.29. The molecule has 10 heteroatoms. The van der Waals surface area contributed by atoms with Crippen LogP contribution in [0.2, 0.25) is 0 Å². The van der Waals surface area contributed by atoms with Crippen molar-refractivity contribution in [3.05, 3.63) is 29.0 Å². The first-order valence-corrected chi connectivity index (χ1v) is 7.69. The molecule has 1 aromatic heterocycles. The zero-order valence-electron chi connectivity index (χ0n) is 15.1. The van der Waals surface area contributed by atoms with Gasteiger partial charge in [-0.1, -0.05) is 5.10 Å². The van der Waals surface area contributed by atoms with Crippen LogP contribution in [0.25, 0.3) is 0 Å². The summed E-state index contributed by atoms with van der Waals surface area (Å²) in [7, 11) is 5.91. The van der Waals surface area contributed by atoms with Crippen LogP contribution in [0.4, 0.5) is 5.95 Å². The molecule has 1 N–H and O–H groups in total. The summed E-state index contributed by atoms with van der Waals surface area (Å²) in [5.74, 6) is 1.37. The van der Waals surface area contributed by atoms with Crippen molar-refractivity contribution in [1.29, 1.82) is 0 Å². The number of aromatic nitrogens is 4. The SMILES string of the molecule is COC(=O)C1=C(C)Nc2nnnn2C1c1cc(OC)c(OC)cc1OC. The van der Waals surface area contributed by atoms with Crippen molar-refractivity contribution >= 4 is 11.9 Å². The maximum atomic E-state index is 12.5. The fourth-order valence-electron chi connectivity index (χ4n) is 2.94. The molecule has 0 saturated heterocycles. The average Bonchev–Trinajstić information content (AvgIpc) is 3.13. The Bertz CT molecular complexity index is 876. The first-order valence-electron chi connectivity index (χ1n) is 7.69. The molecule has 1 aliphatic heterocycles. The van der Waals surface area contributed by atoms with Crippen LogP contribution in [-0.2, 0) is 9.53 Å². The summed E-state index contributed by atoms with van der Waals surface area (Å²) in [5, 5.41) is 14.6. The predicted octanol–water partition coefficient (Wildman–Crippen LogP) is 1.16. The van der Waals surface area contributed by atoms with Gasteiger partial charge < -0.3 is 24.3 Å². The van der Waals surface area contributed by atoms with Crippen LogP contribution in [0.5, 0.6) is 17.2 Å². The number of fused-ring (bicyclic) bond motifs is 1. The molecular formula is C16H19N5O5. The lowest BCUT2D eigenvalue weighted by Gasteiger charge is -2.28. The van der Waals surface area contributed by atoms with Gasteiger partial charge in [-0.15, -0.1) is 0 Å². The Labute approximate surface area is 149 Å². The van der Waals surface area contributed by atoms with Gasteiger partial charge >= 0.3 is 5.97 Å². The van der Waals surface area contributed by atoms with Crippen molar-refractivity contribution in [3.8, 4) is 17.2 Å². The fraction of sp³-hybridized carbons (Fsp3) is 0.375. The Morgan fingerprint density at radius 1 is 1.08 bits per heavy atom. The number of nitrogens with zero attached hydrogens (tertiary/aromatic N) is 4. The van der Waals surface area contributed by atoms with Crippen LogP contribution in [0.3, 0.4) is 0 Å². The van der Waals surface area contributed by atoms with E-state index < -0.39 is 12.0 Å². The van der Waals surface area contributed by atoms with Gasteiger partial charge in [0.25, 0.3) is 0 Å². The van der Waals surface area contributed by atoms with Gasteiger partial charge in [0, 0.05) is 17.3 Å². The Kier molecular flexibility index (Phi) is 4.65. The largest absolute Gasteiger partial charge is 0.496 e. The summed E-state index contributed by atoms with van der Waals surface area (Å²) in [4.78, 5) is 12.5. The molecule has 0 bridgehead atoms. The zero-order valence-corrected chi connectivity index (χ0v) is 15.1. The lowest BCUT2D eigenvalue weighted by molar-refractivity contribution is -0.136. The van der Waals surface area contributed by atoms with E-state index in [0.29, 0.717) is 40.0 Å². The number of hydrogen-bond acceptors (Lipinski definition) is 9. The monoisotopic (exact) mass is 361 g/mol. The van der Waals surface area contributed by atoms with Crippen LogP contribution in [0, 0.1) is 0 Å². The highest BCUT2D eigenvalue weighted by molar-refractivity contribution is 5.92. The van der Waals surface area contributed by atoms with E-state index >= 15 is 0 Å². The topological polar surface area (TPSA) is 110 Å². The van der Waals surface area contributed by atoms with E-state index in [1.165, 1.54) is 33.1 Å². The number of nitrogens with one attached hydrogen (secondary N) is 1. The molecule has 1 aromatic carbocycles. The molecule has 0 fully saturated rings. The highest BCUT2D eigenvalue weighted by atomic mass is 16.5. The minimum absolute atomic E-state index is 0.359. The molecule has 2 heterocycles. The van der Waals surface area contributed by atoms with Crippen molar-refractivity contribution in [2.45, 2.75) is 13.0 Å². The molecule has 1 aliphatic rings. The molecule has 0 spiro atoms. The molecule has 10 nitrogen and oxygen atoms in total. The molecule has 1 unspecified atom stereocenters. The maximum absolute atomic E-state index is 12.5. The summed E-state index contributed by atoms with van der Waals surface area (Å²) in [6.07, 6.45) is 0. The lowest BCUT2D eigenvalue weighted by atomic mass is 9.94. The van der Waals surface area contributed by atoms with Gasteiger partial charge in [-0.05, 0) is 23.4 Å². The first kappa shape index (κ1) is 17.5. The second kappa shape index (κ2) is 6.90. The second-order valence-electron chi connectivity index (χ2n) is 5.45. The number of tetrazole rings is 1. The van der Waals surface area contributed by atoms with Gasteiger partial charge in [0.05, 0.1) is 34.0 Å². The third kappa shape index (κ3) is 2.68. The van der Waals surface area contributed by atoms with E-state index in [9.17, 15) is 4.79 Å². The molecule has 1 atom stereocenters. The van der Waals surface area contributed by atoms with Crippen LogP contribution in [0.15, 0.2) is 23.4 Å². The molecule has 0 aliphatic carbocycles. The standard InChI is InChI=1S/C16H19N5O5/c1-8-13(15(22)26-5)14(21-16(17-8)18-19-20-21)9-6-11(24-3)12(25-4)7-10(9)23-2/h6-7,14H,1-5H3,(H,17,18,20). The summed E-state index contributed by atoms with van der Waals surface area (Å²) < 4.78 is 22.7. The number of benzene rings is 1. The quantitative estimate of drug-likeness (QED) is 0.784. The van der Waals surface area contributed by atoms with Gasteiger partial charge in [0.1, 0.15) is 11.8 Å². The van der Waals surface area contributed by atoms with Crippen molar-refractivity contribution in [1.82, 2.24) is 20.2 Å². The smallest absolute Gasteiger partial charge is 0.338 e. The highest BCUT2D eigenvalue weighted by Gasteiger charge is 2.37. The average molecular weight is 361 g/mol. The van der Waals surface area contributed by atoms with E-state index in [0.717, 1.165) is 0 Å². The molecule has 26 heavy (non-hydrogen) atoms. The molecule has 0 amide bonds. The third-order valence-corrected chi connectivity index (χ3v) is 4.15. The van der Waals surface area contributed by atoms with E-state index in [2.05, 4.69) is 20.8 Å². The molecule has 0 radical (unpaired) electrons. The zero-order chi connectivity index (χ0) is 18.8. The van der Waals surface area contributed by atoms with Crippen LogP contribution < -0.4 is 19.5 Å². The molecule has 2 aromatic rings. The summed E-state index contributed by atoms with van der Waals surface area (Å²) in [5.41, 5.74) is 1.57. The van der Waals surface area contributed by atoms with Crippen molar-refractivity contribution < 1.29 is 23.7 Å². The van der Waals surface area contributed by atoms with Crippen LogP contribution >= 0.6 is 0 Å². The van der Waals surface area contributed by atoms with Crippen LogP contribution in [-0.4, -0.2) is 54.6 Å². The van der Waals surface area contributed by atoms with E-state index in [1.807, 2.05) is 0 Å². The minimum Gasteiger partial charge on any atom is -0.496 e. The van der Waals surface area contributed by atoms with E-state index in [1.54, 1.807) is 19.1 Å². The normalized spacial score (nSPS) is 15.8. The van der Waals surface area contributed by atoms with Gasteiger partial charge in [-0.2, -0.15) is 4.68 Å². The summed E-state index contributed by atoms with van der Waals surface area (Å²) in [6.45, 7) is 1.75. The Hall–Kier alpha value is -3.30. The van der Waals surface area contributed by atoms with Gasteiger partial charge in [-0.25, -0.2) is 4.79 Å². The maximum Gasteiger partial charge on any atom is 0.338 e. The first-order chi connectivity index (χ1) is 12.5. The van der Waals surface area contributed by atoms with Crippen molar-refractivity contribution in [2.24, 2.45) is 0 Å². The number of carbonyl (C=O) groups is 1. The number of anilines is 1. The van der Waals surface area contributed by atoms with Gasteiger partial charge in [0.2, 0.25) is 5.95 Å². The number of allylic oxidation sites excluding steroid dienone is 1. The number of rotatable bonds is 5. The van der Waals surface area contributed by atoms with Crippen LogP contribution in [0.1, 0.15) is 18.5 Å². The Morgan fingerprint density at radius 3 is 2.35 bits per heavy atom. The second-order valence-corrected chi connectivity index (χ2v) is 5.45. The number of ether oxygens (including phenoxy) is 4. The molecular weight excluding hydrogens is 342 g/mol. The number of esters is 1. The molecule has 0 saturated carbocycles. The van der Waals surface area contributed by atoms with E-state index in [4.69, 9.17) is 18.9 Å². The predicted molar refractivity (Wildman–Crippen MR) is 90.4 cm³/mol. The number of hydrogen-bond donors (Lipinski definition) is 1. The highest BCUT2D eigenvalue weighted by Crippen LogP contribution is 2.43. The summed E-state index contributed by atoms with van der Waals surface area (Å²) in [6, 6.07) is 2.75. The summed E-state index contributed by atoms with van der Waals surface area (Å²) >= 11 is 0.